The Kier molecular flexibility index (Phi) is 3.44. The number of hydrogen-bond donors (Lipinski definition) is 2. The maximum atomic E-state index is 10.9. The minimum Gasteiger partial charge on any atom is -0.385 e. The van der Waals surface area contributed by atoms with E-state index in [1.54, 1.807) is 0 Å². The molecule has 0 saturated heterocycles. The van der Waals surface area contributed by atoms with Gasteiger partial charge in [0.2, 0.25) is 5.91 Å². The molecule has 0 bridgehead atoms. The summed E-state index contributed by atoms with van der Waals surface area (Å²) >= 11 is 0. The van der Waals surface area contributed by atoms with Crippen LogP contribution in [-0.2, 0) is 4.79 Å². The molecule has 16 heavy (non-hydrogen) atoms. The Labute approximate surface area is 96.2 Å². The number of amides is 1. The Morgan fingerprint density at radius 2 is 2.12 bits per heavy atom. The topological polar surface area (TPSA) is 41.1 Å². The quantitative estimate of drug-likeness (QED) is 0.816. The number of nitrogens with one attached hydrogen (secondary N) is 2. The third kappa shape index (κ3) is 2.99. The normalized spacial score (nSPS) is 15.3. The van der Waals surface area contributed by atoms with Gasteiger partial charge in [-0.1, -0.05) is 12.5 Å². The van der Waals surface area contributed by atoms with Gasteiger partial charge >= 0.3 is 0 Å². The molecule has 0 aliphatic heterocycles. The van der Waals surface area contributed by atoms with Crippen LogP contribution in [0.2, 0.25) is 0 Å². The summed E-state index contributed by atoms with van der Waals surface area (Å²) in [4.78, 5) is 10.9. The summed E-state index contributed by atoms with van der Waals surface area (Å²) in [5, 5.41) is 6.19. The summed E-state index contributed by atoms with van der Waals surface area (Å²) in [6.45, 7) is 2.57. The van der Waals surface area contributed by atoms with E-state index < -0.39 is 0 Å². The molecule has 0 unspecified atom stereocenters. The first kappa shape index (κ1) is 11.0. The standard InChI is InChI=1S/C13H18N2O/c1-10(16)15-13-7-3-6-12(8-13)14-9-11-4-2-5-11/h3,6-8,11,14H,2,4-5,9H2,1H3,(H,15,16). The Hall–Kier alpha value is -1.51. The van der Waals surface area contributed by atoms with E-state index in [9.17, 15) is 4.79 Å². The van der Waals surface area contributed by atoms with Crippen molar-refractivity contribution in [3.63, 3.8) is 0 Å². The van der Waals surface area contributed by atoms with Crippen molar-refractivity contribution in [1.29, 1.82) is 0 Å². The molecule has 2 rings (SSSR count). The van der Waals surface area contributed by atoms with Gasteiger partial charge in [0.1, 0.15) is 0 Å². The summed E-state index contributed by atoms with van der Waals surface area (Å²) < 4.78 is 0. The number of hydrogen-bond acceptors (Lipinski definition) is 2. The summed E-state index contributed by atoms with van der Waals surface area (Å²) in [7, 11) is 0. The van der Waals surface area contributed by atoms with Crippen LogP contribution in [0, 0.1) is 5.92 Å². The molecule has 86 valence electrons. The molecule has 0 radical (unpaired) electrons. The van der Waals surface area contributed by atoms with Gasteiger partial charge in [-0.3, -0.25) is 4.79 Å². The van der Waals surface area contributed by atoms with Crippen molar-refractivity contribution < 1.29 is 4.79 Å². The molecule has 1 saturated carbocycles. The van der Waals surface area contributed by atoms with E-state index >= 15 is 0 Å². The minimum atomic E-state index is -0.0313. The van der Waals surface area contributed by atoms with E-state index in [1.165, 1.54) is 26.2 Å². The molecule has 0 atom stereocenters. The lowest BCUT2D eigenvalue weighted by atomic mass is 9.85. The van der Waals surface area contributed by atoms with Crippen LogP contribution >= 0.6 is 0 Å². The van der Waals surface area contributed by atoms with Crippen molar-refractivity contribution in [2.75, 3.05) is 17.2 Å². The zero-order valence-electron chi connectivity index (χ0n) is 9.62. The van der Waals surface area contributed by atoms with E-state index in [4.69, 9.17) is 0 Å². The van der Waals surface area contributed by atoms with Crippen molar-refractivity contribution in [2.45, 2.75) is 26.2 Å². The van der Waals surface area contributed by atoms with Crippen LogP contribution < -0.4 is 10.6 Å². The first-order valence-electron chi connectivity index (χ1n) is 5.85. The molecule has 1 aliphatic carbocycles. The fraction of sp³-hybridized carbons (Fsp3) is 0.462. The Morgan fingerprint density at radius 3 is 2.75 bits per heavy atom. The fourth-order valence-corrected chi connectivity index (χ4v) is 1.87. The van der Waals surface area contributed by atoms with Gasteiger partial charge in [-0.05, 0) is 37.0 Å². The largest absolute Gasteiger partial charge is 0.385 e. The molecule has 0 heterocycles. The van der Waals surface area contributed by atoms with E-state index in [0.29, 0.717) is 0 Å². The highest BCUT2D eigenvalue weighted by molar-refractivity contribution is 5.89. The van der Waals surface area contributed by atoms with E-state index in [1.807, 2.05) is 24.3 Å². The zero-order chi connectivity index (χ0) is 11.4. The highest BCUT2D eigenvalue weighted by Gasteiger charge is 2.16. The first-order valence-corrected chi connectivity index (χ1v) is 5.85. The van der Waals surface area contributed by atoms with Gasteiger partial charge in [0.05, 0.1) is 0 Å². The molecule has 1 aromatic carbocycles. The Balaban J connectivity index is 1.89. The van der Waals surface area contributed by atoms with Gasteiger partial charge in [-0.15, -0.1) is 0 Å². The molecule has 1 aromatic rings. The third-order valence-corrected chi connectivity index (χ3v) is 3.00. The summed E-state index contributed by atoms with van der Waals surface area (Å²) in [5.41, 5.74) is 1.93. The summed E-state index contributed by atoms with van der Waals surface area (Å²) in [6.07, 6.45) is 4.06. The lowest BCUT2D eigenvalue weighted by Crippen LogP contribution is -2.20. The van der Waals surface area contributed by atoms with Crippen molar-refractivity contribution in [2.24, 2.45) is 5.92 Å². The van der Waals surface area contributed by atoms with Crippen molar-refractivity contribution in [1.82, 2.24) is 0 Å². The smallest absolute Gasteiger partial charge is 0.221 e. The molecule has 1 amide bonds. The van der Waals surface area contributed by atoms with E-state index in [-0.39, 0.29) is 5.91 Å². The lowest BCUT2D eigenvalue weighted by molar-refractivity contribution is -0.114. The van der Waals surface area contributed by atoms with Gasteiger partial charge in [0.15, 0.2) is 0 Å². The number of rotatable bonds is 4. The minimum absolute atomic E-state index is 0.0313. The van der Waals surface area contributed by atoms with Crippen LogP contribution in [0.3, 0.4) is 0 Å². The van der Waals surface area contributed by atoms with Crippen molar-refractivity contribution >= 4 is 17.3 Å². The van der Waals surface area contributed by atoms with Crippen LogP contribution in [0.1, 0.15) is 26.2 Å². The SMILES string of the molecule is CC(=O)Nc1cccc(NCC2CCC2)c1. The second-order valence-corrected chi connectivity index (χ2v) is 4.44. The average molecular weight is 218 g/mol. The maximum absolute atomic E-state index is 10.9. The van der Waals surface area contributed by atoms with Gasteiger partial charge in [-0.25, -0.2) is 0 Å². The Morgan fingerprint density at radius 1 is 1.38 bits per heavy atom. The van der Waals surface area contributed by atoms with E-state index in [0.717, 1.165) is 23.8 Å². The Bertz CT molecular complexity index is 372. The van der Waals surface area contributed by atoms with Gasteiger partial charge in [0.25, 0.3) is 0 Å². The second-order valence-electron chi connectivity index (χ2n) is 4.44. The van der Waals surface area contributed by atoms with Gasteiger partial charge in [0, 0.05) is 24.8 Å². The van der Waals surface area contributed by atoms with Crippen LogP contribution in [0.5, 0.6) is 0 Å². The maximum Gasteiger partial charge on any atom is 0.221 e. The first-order chi connectivity index (χ1) is 7.74. The second kappa shape index (κ2) is 5.01. The summed E-state index contributed by atoms with van der Waals surface area (Å²) in [6, 6.07) is 7.86. The zero-order valence-corrected chi connectivity index (χ0v) is 9.62. The number of carbonyl (C=O) groups excluding carboxylic acids is 1. The van der Waals surface area contributed by atoms with Crippen LogP contribution in [0.4, 0.5) is 11.4 Å². The molecule has 3 heteroatoms. The molecule has 1 aliphatic rings. The molecular weight excluding hydrogens is 200 g/mol. The fourth-order valence-electron chi connectivity index (χ4n) is 1.87. The molecule has 2 N–H and O–H groups in total. The molecule has 0 spiro atoms. The van der Waals surface area contributed by atoms with Crippen LogP contribution in [0.15, 0.2) is 24.3 Å². The monoisotopic (exact) mass is 218 g/mol. The predicted molar refractivity (Wildman–Crippen MR) is 66.6 cm³/mol. The number of benzene rings is 1. The lowest BCUT2D eigenvalue weighted by Gasteiger charge is -2.25. The third-order valence-electron chi connectivity index (χ3n) is 3.00. The van der Waals surface area contributed by atoms with Crippen molar-refractivity contribution in [3.8, 4) is 0 Å². The molecule has 3 nitrogen and oxygen atoms in total. The summed E-state index contributed by atoms with van der Waals surface area (Å²) in [5.74, 6) is 0.806. The van der Waals surface area contributed by atoms with E-state index in [2.05, 4.69) is 10.6 Å². The molecule has 1 fully saturated rings. The number of carbonyl (C=O) groups is 1. The molecular formula is C13H18N2O. The van der Waals surface area contributed by atoms with Gasteiger partial charge < -0.3 is 10.6 Å². The predicted octanol–water partition coefficient (Wildman–Crippen LogP) is 2.86. The van der Waals surface area contributed by atoms with Crippen LogP contribution in [-0.4, -0.2) is 12.5 Å². The van der Waals surface area contributed by atoms with Crippen LogP contribution in [0.25, 0.3) is 0 Å². The average Bonchev–Trinajstić information content (AvgIpc) is 2.14. The highest BCUT2D eigenvalue weighted by atomic mass is 16.1. The van der Waals surface area contributed by atoms with Gasteiger partial charge in [-0.2, -0.15) is 0 Å². The van der Waals surface area contributed by atoms with Crippen molar-refractivity contribution in [3.05, 3.63) is 24.3 Å². The number of anilines is 2. The highest BCUT2D eigenvalue weighted by Crippen LogP contribution is 2.26. The molecule has 0 aromatic heterocycles.